The molecule has 2 heterocycles. The molecule has 0 unspecified atom stereocenters. The van der Waals surface area contributed by atoms with Crippen LogP contribution in [-0.4, -0.2) is 14.3 Å². The number of nitrogens with zero attached hydrogens (tertiary/aromatic N) is 2. The van der Waals surface area contributed by atoms with Crippen molar-refractivity contribution in [3.63, 3.8) is 0 Å². The lowest BCUT2D eigenvalue weighted by atomic mass is 10.1. The van der Waals surface area contributed by atoms with Crippen LogP contribution in [0.15, 0.2) is 75.4 Å². The zero-order chi connectivity index (χ0) is 22.9. The van der Waals surface area contributed by atoms with Gasteiger partial charge in [-0.15, -0.1) is 11.3 Å². The second-order valence-corrected chi connectivity index (χ2v) is 7.11. The van der Waals surface area contributed by atoms with E-state index in [1.54, 1.807) is 30.3 Å². The van der Waals surface area contributed by atoms with Crippen molar-refractivity contribution in [1.29, 1.82) is 0 Å². The van der Waals surface area contributed by atoms with E-state index in [0.29, 0.717) is 23.4 Å². The van der Waals surface area contributed by atoms with Gasteiger partial charge < -0.3 is 13.8 Å². The number of ether oxygens (including phenoxy) is 1. The highest BCUT2D eigenvalue weighted by atomic mass is 19.4. The lowest BCUT2D eigenvalue weighted by Gasteiger charge is -2.10. The topological polar surface area (TPSA) is 82.2 Å². The third-order valence-electron chi connectivity index (χ3n) is 4.86. The number of aromatic amines is 1. The van der Waals surface area contributed by atoms with Crippen molar-refractivity contribution in [3.05, 3.63) is 99.0 Å². The van der Waals surface area contributed by atoms with Crippen molar-refractivity contribution in [2.75, 3.05) is 0 Å². The minimum absolute atomic E-state index is 0.00922. The number of H-pyrrole nitrogens is 1. The van der Waals surface area contributed by atoms with Crippen LogP contribution in [0.1, 0.15) is 16.7 Å². The lowest BCUT2D eigenvalue weighted by molar-refractivity contribution is -0.137. The number of aromatic nitrogens is 3. The summed E-state index contributed by atoms with van der Waals surface area (Å²) in [4.78, 5) is 25.1. The molecule has 0 saturated carbocycles. The number of hydrogen-bond donors (Lipinski definition) is 1. The Balaban J connectivity index is 1.64. The highest BCUT2D eigenvalue weighted by molar-refractivity contribution is 5.85. The van der Waals surface area contributed by atoms with Crippen molar-refractivity contribution in [1.82, 2.24) is 14.3 Å². The van der Waals surface area contributed by atoms with Crippen molar-refractivity contribution in [2.45, 2.75) is 25.9 Å². The third kappa shape index (κ3) is 4.39. The Kier molecular flexibility index (Phi) is 5.52. The second kappa shape index (κ2) is 8.29. The van der Waals surface area contributed by atoms with Crippen LogP contribution in [0.3, 0.4) is 0 Å². The SMILES string of the molecule is C=CCn1cc(Cn2oc(=O)[nH]c2=O)c2cc(OCc3cccc(C(F)(F)F)c3)ccc21. The Labute approximate surface area is 178 Å². The number of rotatable bonds is 7. The number of alkyl halides is 3. The first-order valence-electron chi connectivity index (χ1n) is 9.56. The van der Waals surface area contributed by atoms with Crippen LogP contribution >= 0.6 is 0 Å². The minimum atomic E-state index is -4.43. The van der Waals surface area contributed by atoms with E-state index in [2.05, 4.69) is 6.58 Å². The molecule has 0 aliphatic carbocycles. The van der Waals surface area contributed by atoms with Crippen LogP contribution in [0, 0.1) is 0 Å². The molecule has 0 aliphatic rings. The van der Waals surface area contributed by atoms with Crippen LogP contribution in [0.25, 0.3) is 10.9 Å². The fourth-order valence-electron chi connectivity index (χ4n) is 3.43. The van der Waals surface area contributed by atoms with Gasteiger partial charge in [0.15, 0.2) is 0 Å². The zero-order valence-electron chi connectivity index (χ0n) is 16.7. The molecule has 7 nitrogen and oxygen atoms in total. The van der Waals surface area contributed by atoms with E-state index >= 15 is 0 Å². The largest absolute Gasteiger partial charge is 0.489 e. The van der Waals surface area contributed by atoms with Crippen LogP contribution in [0.5, 0.6) is 5.75 Å². The van der Waals surface area contributed by atoms with E-state index < -0.39 is 23.2 Å². The number of halogens is 3. The second-order valence-electron chi connectivity index (χ2n) is 7.11. The highest BCUT2D eigenvalue weighted by Gasteiger charge is 2.30. The maximum Gasteiger partial charge on any atom is 0.440 e. The number of nitrogens with one attached hydrogen (secondary N) is 1. The molecule has 10 heteroatoms. The molecular formula is C22H18F3N3O4. The fourth-order valence-corrected chi connectivity index (χ4v) is 3.43. The molecule has 0 aliphatic heterocycles. The highest BCUT2D eigenvalue weighted by Crippen LogP contribution is 2.30. The molecule has 0 saturated heterocycles. The van der Waals surface area contributed by atoms with E-state index in [4.69, 9.17) is 9.26 Å². The predicted molar refractivity (Wildman–Crippen MR) is 111 cm³/mol. The molecule has 166 valence electrons. The minimum Gasteiger partial charge on any atom is -0.489 e. The first-order valence-corrected chi connectivity index (χ1v) is 9.56. The van der Waals surface area contributed by atoms with Crippen molar-refractivity contribution in [2.24, 2.45) is 0 Å². The van der Waals surface area contributed by atoms with Gasteiger partial charge in [-0.05, 0) is 35.9 Å². The molecule has 4 rings (SSSR count). The molecule has 0 atom stereocenters. The summed E-state index contributed by atoms with van der Waals surface area (Å²) in [7, 11) is 0. The molecule has 4 aromatic rings. The summed E-state index contributed by atoms with van der Waals surface area (Å²) in [5, 5.41) is 0.740. The monoisotopic (exact) mass is 445 g/mol. The quantitative estimate of drug-likeness (QED) is 0.437. The fraction of sp³-hybridized carbons (Fsp3) is 0.182. The van der Waals surface area contributed by atoms with Gasteiger partial charge in [-0.1, -0.05) is 18.2 Å². The van der Waals surface area contributed by atoms with Gasteiger partial charge in [-0.3, -0.25) is 0 Å². The molecule has 0 spiro atoms. The molecular weight excluding hydrogens is 427 g/mol. The number of fused-ring (bicyclic) bond motifs is 1. The smallest absolute Gasteiger partial charge is 0.440 e. The number of allylic oxidation sites excluding steroid dienone is 1. The molecule has 1 N–H and O–H groups in total. The average molecular weight is 445 g/mol. The van der Waals surface area contributed by atoms with Gasteiger partial charge in [0.2, 0.25) is 0 Å². The summed E-state index contributed by atoms with van der Waals surface area (Å²) < 4.78 is 52.2. The molecule has 0 radical (unpaired) electrons. The first kappa shape index (κ1) is 21.3. The summed E-state index contributed by atoms with van der Waals surface area (Å²) in [6.07, 6.45) is -0.907. The van der Waals surface area contributed by atoms with Gasteiger partial charge in [-0.2, -0.15) is 13.2 Å². The summed E-state index contributed by atoms with van der Waals surface area (Å²) in [6, 6.07) is 10.2. The van der Waals surface area contributed by atoms with Crippen molar-refractivity contribution < 1.29 is 22.4 Å². The lowest BCUT2D eigenvalue weighted by Crippen LogP contribution is -2.17. The molecule has 0 amide bonds. The maximum absolute atomic E-state index is 12.9. The van der Waals surface area contributed by atoms with Crippen LogP contribution < -0.4 is 16.2 Å². The Morgan fingerprint density at radius 2 is 1.97 bits per heavy atom. The predicted octanol–water partition coefficient (Wildman–Crippen LogP) is 3.92. The normalized spacial score (nSPS) is 11.7. The van der Waals surface area contributed by atoms with Crippen molar-refractivity contribution in [3.8, 4) is 5.75 Å². The van der Waals surface area contributed by atoms with Gasteiger partial charge in [-0.25, -0.2) is 14.6 Å². The molecule has 0 fully saturated rings. The van der Waals surface area contributed by atoms with E-state index in [0.717, 1.165) is 27.8 Å². The Hall–Kier alpha value is -3.95. The van der Waals surface area contributed by atoms with E-state index in [9.17, 15) is 22.8 Å². The van der Waals surface area contributed by atoms with Crippen LogP contribution in [0.2, 0.25) is 0 Å². The third-order valence-corrected chi connectivity index (χ3v) is 4.86. The summed E-state index contributed by atoms with van der Waals surface area (Å²) >= 11 is 0. The van der Waals surface area contributed by atoms with E-state index in [1.807, 2.05) is 15.7 Å². The number of hydrogen-bond acceptors (Lipinski definition) is 4. The summed E-state index contributed by atoms with van der Waals surface area (Å²) in [5.74, 6) is -0.412. The molecule has 32 heavy (non-hydrogen) atoms. The van der Waals surface area contributed by atoms with Gasteiger partial charge in [0.25, 0.3) is 0 Å². The van der Waals surface area contributed by atoms with Crippen molar-refractivity contribution >= 4 is 10.9 Å². The Morgan fingerprint density at radius 3 is 2.66 bits per heavy atom. The molecule has 0 bridgehead atoms. The van der Waals surface area contributed by atoms with Crippen LogP contribution in [-0.2, 0) is 25.9 Å². The van der Waals surface area contributed by atoms with E-state index in [-0.39, 0.29) is 13.2 Å². The standard InChI is InChI=1S/C22H18F3N3O4/c1-2-8-27-11-15(12-28-20(29)26-21(30)32-28)18-10-17(6-7-19(18)27)31-13-14-4-3-5-16(9-14)22(23,24)25/h2-7,9-11H,1,8,12-13H2,(H,26,29,30). The molecule has 2 aromatic carbocycles. The van der Waals surface area contributed by atoms with Gasteiger partial charge in [0.1, 0.15) is 12.4 Å². The molecule has 2 aromatic heterocycles. The van der Waals surface area contributed by atoms with Crippen LogP contribution in [0.4, 0.5) is 13.2 Å². The van der Waals surface area contributed by atoms with Gasteiger partial charge >= 0.3 is 17.6 Å². The Bertz CT molecular complexity index is 1390. The van der Waals surface area contributed by atoms with Gasteiger partial charge in [0.05, 0.1) is 12.1 Å². The Morgan fingerprint density at radius 1 is 1.16 bits per heavy atom. The average Bonchev–Trinajstić information content (AvgIpc) is 3.25. The summed E-state index contributed by atoms with van der Waals surface area (Å²) in [5.41, 5.74) is 0.492. The number of benzene rings is 2. The maximum atomic E-state index is 12.9. The first-order chi connectivity index (χ1) is 15.2. The summed E-state index contributed by atoms with van der Waals surface area (Å²) in [6.45, 7) is 4.20. The van der Waals surface area contributed by atoms with Gasteiger partial charge in [0, 0.05) is 29.2 Å². The zero-order valence-corrected chi connectivity index (χ0v) is 16.7. The van der Waals surface area contributed by atoms with E-state index in [1.165, 1.54) is 6.07 Å².